The summed E-state index contributed by atoms with van der Waals surface area (Å²) < 4.78 is 4.99. The number of urea groups is 1. The summed E-state index contributed by atoms with van der Waals surface area (Å²) in [6.45, 7) is 2.55. The number of fused-ring (bicyclic) bond motifs is 1. The first-order chi connectivity index (χ1) is 12.5. The third-order valence-electron chi connectivity index (χ3n) is 4.71. The van der Waals surface area contributed by atoms with Crippen molar-refractivity contribution in [3.05, 3.63) is 34.9 Å². The molecule has 3 rings (SSSR count). The summed E-state index contributed by atoms with van der Waals surface area (Å²) in [5.41, 5.74) is 0.689. The highest BCUT2D eigenvalue weighted by Gasteiger charge is 2.47. The SMILES string of the molecule is CCOC(=O)CN1C(=O)N(Cc2ccccc2Cl)C(=O)C2CCCNC21. The number of ether oxygens (including phenoxy) is 1. The quantitative estimate of drug-likeness (QED) is 0.791. The van der Waals surface area contributed by atoms with Gasteiger partial charge in [0.15, 0.2) is 0 Å². The highest BCUT2D eigenvalue weighted by molar-refractivity contribution is 6.31. The number of carbonyl (C=O) groups excluding carboxylic acids is 3. The van der Waals surface area contributed by atoms with Gasteiger partial charge in [0.2, 0.25) is 5.91 Å². The van der Waals surface area contributed by atoms with Gasteiger partial charge in [0.05, 0.1) is 25.2 Å². The summed E-state index contributed by atoms with van der Waals surface area (Å²) in [6, 6.07) is 6.60. The van der Waals surface area contributed by atoms with E-state index in [1.165, 1.54) is 9.80 Å². The monoisotopic (exact) mass is 379 g/mol. The molecule has 0 bridgehead atoms. The van der Waals surface area contributed by atoms with Crippen LogP contribution in [0.2, 0.25) is 5.02 Å². The lowest BCUT2D eigenvalue weighted by molar-refractivity contribution is -0.150. The zero-order valence-corrected chi connectivity index (χ0v) is 15.4. The van der Waals surface area contributed by atoms with Crippen LogP contribution in [0, 0.1) is 5.92 Å². The number of hydrogen-bond acceptors (Lipinski definition) is 5. The average molecular weight is 380 g/mol. The lowest BCUT2D eigenvalue weighted by Gasteiger charge is -2.46. The van der Waals surface area contributed by atoms with Crippen LogP contribution < -0.4 is 5.32 Å². The smallest absolute Gasteiger partial charge is 0.328 e. The first-order valence-corrected chi connectivity index (χ1v) is 9.15. The molecule has 2 fully saturated rings. The molecule has 1 N–H and O–H groups in total. The zero-order valence-electron chi connectivity index (χ0n) is 14.6. The van der Waals surface area contributed by atoms with E-state index in [9.17, 15) is 14.4 Å². The molecule has 0 saturated carbocycles. The van der Waals surface area contributed by atoms with Gasteiger partial charge in [-0.25, -0.2) is 4.79 Å². The van der Waals surface area contributed by atoms with Crippen LogP contribution in [0.3, 0.4) is 0 Å². The number of imide groups is 1. The summed E-state index contributed by atoms with van der Waals surface area (Å²) in [7, 11) is 0. The Morgan fingerprint density at radius 2 is 2.12 bits per heavy atom. The maximum atomic E-state index is 13.0. The van der Waals surface area contributed by atoms with Crippen molar-refractivity contribution < 1.29 is 19.1 Å². The largest absolute Gasteiger partial charge is 0.465 e. The maximum absolute atomic E-state index is 13.0. The minimum Gasteiger partial charge on any atom is -0.465 e. The van der Waals surface area contributed by atoms with Gasteiger partial charge in [-0.1, -0.05) is 29.8 Å². The molecule has 7 nitrogen and oxygen atoms in total. The molecular weight excluding hydrogens is 358 g/mol. The Labute approximate surface area is 157 Å². The van der Waals surface area contributed by atoms with Crippen LogP contribution in [-0.4, -0.2) is 53.6 Å². The molecule has 2 atom stereocenters. The number of rotatable bonds is 5. The van der Waals surface area contributed by atoms with Crippen LogP contribution in [-0.2, 0) is 20.9 Å². The Morgan fingerprint density at radius 1 is 1.35 bits per heavy atom. The van der Waals surface area contributed by atoms with Crippen molar-refractivity contribution in [2.24, 2.45) is 5.92 Å². The number of nitrogens with one attached hydrogen (secondary N) is 1. The van der Waals surface area contributed by atoms with E-state index in [-0.39, 0.29) is 31.5 Å². The summed E-state index contributed by atoms with van der Waals surface area (Å²) in [5.74, 6) is -1.09. The molecule has 2 unspecified atom stereocenters. The summed E-state index contributed by atoms with van der Waals surface area (Å²) in [4.78, 5) is 40.5. The van der Waals surface area contributed by atoms with Crippen LogP contribution in [0.15, 0.2) is 24.3 Å². The highest BCUT2D eigenvalue weighted by atomic mass is 35.5. The van der Waals surface area contributed by atoms with Crippen molar-refractivity contribution in [1.82, 2.24) is 15.1 Å². The van der Waals surface area contributed by atoms with Crippen molar-refractivity contribution in [3.63, 3.8) is 0 Å². The molecule has 2 aliphatic rings. The van der Waals surface area contributed by atoms with E-state index in [4.69, 9.17) is 16.3 Å². The third-order valence-corrected chi connectivity index (χ3v) is 5.08. The average Bonchev–Trinajstić information content (AvgIpc) is 2.64. The maximum Gasteiger partial charge on any atom is 0.328 e. The summed E-state index contributed by atoms with van der Waals surface area (Å²) in [5, 5.41) is 3.69. The molecule has 1 aromatic carbocycles. The van der Waals surface area contributed by atoms with Crippen molar-refractivity contribution in [3.8, 4) is 0 Å². The van der Waals surface area contributed by atoms with Crippen molar-refractivity contribution in [2.45, 2.75) is 32.5 Å². The van der Waals surface area contributed by atoms with E-state index in [1.54, 1.807) is 25.1 Å². The second-order valence-corrected chi connectivity index (χ2v) is 6.79. The number of halogens is 1. The number of benzene rings is 1. The highest BCUT2D eigenvalue weighted by Crippen LogP contribution is 2.30. The Kier molecular flexibility index (Phi) is 5.78. The zero-order chi connectivity index (χ0) is 18.7. The molecule has 0 radical (unpaired) electrons. The normalized spacial score (nSPS) is 23.0. The molecule has 0 spiro atoms. The van der Waals surface area contributed by atoms with Gasteiger partial charge in [0.1, 0.15) is 6.54 Å². The predicted octanol–water partition coefficient (Wildman–Crippen LogP) is 1.99. The summed E-state index contributed by atoms with van der Waals surface area (Å²) >= 11 is 6.19. The number of nitrogens with zero attached hydrogens (tertiary/aromatic N) is 2. The molecule has 140 valence electrons. The second kappa shape index (κ2) is 8.05. The van der Waals surface area contributed by atoms with Gasteiger partial charge in [-0.15, -0.1) is 0 Å². The van der Waals surface area contributed by atoms with Gasteiger partial charge < -0.3 is 4.74 Å². The number of esters is 1. The minimum atomic E-state index is -0.501. The van der Waals surface area contributed by atoms with Crippen molar-refractivity contribution >= 4 is 29.5 Å². The van der Waals surface area contributed by atoms with Gasteiger partial charge in [-0.3, -0.25) is 24.7 Å². The van der Waals surface area contributed by atoms with E-state index in [0.29, 0.717) is 23.6 Å². The molecule has 0 aromatic heterocycles. The molecule has 2 aliphatic heterocycles. The van der Waals surface area contributed by atoms with E-state index in [2.05, 4.69) is 5.32 Å². The molecule has 0 aliphatic carbocycles. The van der Waals surface area contributed by atoms with Crippen molar-refractivity contribution in [2.75, 3.05) is 19.7 Å². The number of piperidine rings is 1. The van der Waals surface area contributed by atoms with Gasteiger partial charge in [-0.05, 0) is 37.9 Å². The Morgan fingerprint density at radius 3 is 2.85 bits per heavy atom. The molecule has 2 saturated heterocycles. The van der Waals surface area contributed by atoms with Gasteiger partial charge in [0, 0.05) is 5.02 Å². The molecular formula is C18H22ClN3O4. The first-order valence-electron chi connectivity index (χ1n) is 8.77. The van der Waals surface area contributed by atoms with Crippen LogP contribution in [0.1, 0.15) is 25.3 Å². The van der Waals surface area contributed by atoms with Crippen LogP contribution in [0.5, 0.6) is 0 Å². The summed E-state index contributed by atoms with van der Waals surface area (Å²) in [6.07, 6.45) is 1.03. The molecule has 8 heteroatoms. The lowest BCUT2D eigenvalue weighted by atomic mass is 9.91. The lowest BCUT2D eigenvalue weighted by Crippen LogP contribution is -2.67. The van der Waals surface area contributed by atoms with E-state index < -0.39 is 18.2 Å². The van der Waals surface area contributed by atoms with E-state index in [0.717, 1.165) is 6.42 Å². The van der Waals surface area contributed by atoms with E-state index >= 15 is 0 Å². The number of carbonyl (C=O) groups is 3. The Balaban J connectivity index is 1.86. The Hall–Kier alpha value is -2.12. The fourth-order valence-electron chi connectivity index (χ4n) is 3.48. The topological polar surface area (TPSA) is 79.0 Å². The predicted molar refractivity (Wildman–Crippen MR) is 95.3 cm³/mol. The van der Waals surface area contributed by atoms with Gasteiger partial charge in [-0.2, -0.15) is 0 Å². The minimum absolute atomic E-state index is 0.0832. The van der Waals surface area contributed by atoms with E-state index in [1.807, 2.05) is 6.07 Å². The van der Waals surface area contributed by atoms with Crippen LogP contribution in [0.25, 0.3) is 0 Å². The molecule has 26 heavy (non-hydrogen) atoms. The third kappa shape index (κ3) is 3.68. The second-order valence-electron chi connectivity index (χ2n) is 6.38. The standard InChI is InChI=1S/C18H22ClN3O4/c1-2-26-15(23)11-21-16-13(7-5-9-20-16)17(24)22(18(21)25)10-12-6-3-4-8-14(12)19/h3-4,6,8,13,16,20H,2,5,7,9-11H2,1H3. The fraction of sp³-hybridized carbons (Fsp3) is 0.500. The van der Waals surface area contributed by atoms with Crippen molar-refractivity contribution in [1.29, 1.82) is 0 Å². The van der Waals surface area contributed by atoms with Gasteiger partial charge >= 0.3 is 12.0 Å². The van der Waals surface area contributed by atoms with Crippen LogP contribution >= 0.6 is 11.6 Å². The molecule has 3 amide bonds. The van der Waals surface area contributed by atoms with Gasteiger partial charge in [0.25, 0.3) is 0 Å². The number of amides is 3. The number of hydrogen-bond donors (Lipinski definition) is 1. The van der Waals surface area contributed by atoms with Crippen LogP contribution in [0.4, 0.5) is 4.79 Å². The molecule has 1 aromatic rings. The fourth-order valence-corrected chi connectivity index (χ4v) is 3.68. The molecule has 2 heterocycles. The Bertz CT molecular complexity index is 711. The first kappa shape index (κ1) is 18.7.